The molecule has 66 heavy (non-hydrogen) atoms. The maximum atomic E-state index is 13.0. The van der Waals surface area contributed by atoms with Crippen LogP contribution >= 0.6 is 0 Å². The fourth-order valence-corrected chi connectivity index (χ4v) is 8.93. The zero-order valence-corrected chi connectivity index (χ0v) is 43.0. The van der Waals surface area contributed by atoms with Crippen molar-refractivity contribution in [1.29, 1.82) is 0 Å². The molecule has 1 fully saturated rings. The number of amides is 1. The Labute approximate surface area is 406 Å². The SMILES string of the molecule is CCCCCCCCCC/C=C\CCCCCCCCCCCCCC(=O)NC(COC1OC(CO)C(O)C(O)C1O)C(O)/C=C/CC/C=C/CCCCCCCCCCCCCCCC. The van der Waals surface area contributed by atoms with Crippen molar-refractivity contribution < 1.29 is 39.8 Å². The van der Waals surface area contributed by atoms with Crippen molar-refractivity contribution in [2.45, 2.75) is 307 Å². The molecule has 1 aliphatic heterocycles. The first-order chi connectivity index (χ1) is 32.3. The molecule has 0 radical (unpaired) electrons. The third-order valence-corrected chi connectivity index (χ3v) is 13.4. The van der Waals surface area contributed by atoms with E-state index < -0.39 is 49.5 Å². The van der Waals surface area contributed by atoms with Crippen LogP contribution in [0.4, 0.5) is 0 Å². The molecule has 1 amide bonds. The van der Waals surface area contributed by atoms with E-state index in [4.69, 9.17) is 9.47 Å². The van der Waals surface area contributed by atoms with Crippen LogP contribution in [0.1, 0.15) is 264 Å². The van der Waals surface area contributed by atoms with E-state index in [1.165, 1.54) is 205 Å². The zero-order chi connectivity index (χ0) is 48.0. The highest BCUT2D eigenvalue weighted by Gasteiger charge is 2.44. The minimum atomic E-state index is -1.57. The number of ether oxygens (including phenoxy) is 2. The molecule has 1 saturated heterocycles. The van der Waals surface area contributed by atoms with Crippen LogP contribution in [-0.2, 0) is 14.3 Å². The van der Waals surface area contributed by atoms with Gasteiger partial charge in [-0.2, -0.15) is 0 Å². The van der Waals surface area contributed by atoms with Crippen molar-refractivity contribution in [2.75, 3.05) is 13.2 Å². The van der Waals surface area contributed by atoms with Gasteiger partial charge in [-0.15, -0.1) is 0 Å². The molecule has 0 bridgehead atoms. The topological polar surface area (TPSA) is 149 Å². The standard InChI is InChI=1S/C57H107NO8/c1-3-5-7-9-11-13-15-17-19-21-23-25-26-27-29-31-33-35-37-39-41-43-45-47-53(61)58-50(49-65-57-56(64)55(63)54(62)52(48-59)66-57)51(60)46-44-42-40-38-36-34-32-30-28-24-22-20-18-16-14-12-10-8-6-4-2/h21,23,36,38,44,46,50-52,54-57,59-60,62-64H,3-20,22,24-35,37,39-43,45,47-49H2,1-2H3,(H,58,61)/b23-21-,38-36+,46-44+. The number of unbranched alkanes of at least 4 members (excludes halogenated alkanes) is 34. The highest BCUT2D eigenvalue weighted by Crippen LogP contribution is 2.23. The Morgan fingerprint density at radius 3 is 1.27 bits per heavy atom. The van der Waals surface area contributed by atoms with Crippen molar-refractivity contribution in [3.8, 4) is 0 Å². The summed E-state index contributed by atoms with van der Waals surface area (Å²) in [5, 5.41) is 54.4. The molecule has 0 saturated carbocycles. The van der Waals surface area contributed by atoms with Crippen LogP contribution in [0.5, 0.6) is 0 Å². The first kappa shape index (κ1) is 62.4. The van der Waals surface area contributed by atoms with E-state index in [2.05, 4.69) is 43.5 Å². The molecule has 0 aromatic heterocycles. The first-order valence-electron chi connectivity index (χ1n) is 28.2. The van der Waals surface area contributed by atoms with E-state index in [0.29, 0.717) is 6.42 Å². The number of allylic oxidation sites excluding steroid dienone is 5. The van der Waals surface area contributed by atoms with Crippen molar-refractivity contribution in [3.05, 3.63) is 36.5 Å². The Morgan fingerprint density at radius 2 is 0.864 bits per heavy atom. The minimum Gasteiger partial charge on any atom is -0.394 e. The third-order valence-electron chi connectivity index (χ3n) is 13.4. The molecule has 7 unspecified atom stereocenters. The maximum Gasteiger partial charge on any atom is 0.220 e. The van der Waals surface area contributed by atoms with E-state index in [0.717, 1.165) is 38.5 Å². The molecular formula is C57H107NO8. The summed E-state index contributed by atoms with van der Waals surface area (Å²) in [6.45, 7) is 3.79. The molecule has 0 aliphatic carbocycles. The van der Waals surface area contributed by atoms with E-state index in [9.17, 15) is 30.3 Å². The summed E-state index contributed by atoms with van der Waals surface area (Å²) in [5.74, 6) is -0.185. The average Bonchev–Trinajstić information content (AvgIpc) is 3.32. The molecule has 9 heteroatoms. The summed E-state index contributed by atoms with van der Waals surface area (Å²) in [5.41, 5.74) is 0. The van der Waals surface area contributed by atoms with Crippen LogP contribution < -0.4 is 5.32 Å². The Balaban J connectivity index is 2.26. The van der Waals surface area contributed by atoms with Gasteiger partial charge in [-0.3, -0.25) is 4.79 Å². The number of hydrogen-bond acceptors (Lipinski definition) is 8. The van der Waals surface area contributed by atoms with Gasteiger partial charge in [0.15, 0.2) is 6.29 Å². The predicted octanol–water partition coefficient (Wildman–Crippen LogP) is 13.6. The highest BCUT2D eigenvalue weighted by molar-refractivity contribution is 5.76. The lowest BCUT2D eigenvalue weighted by Gasteiger charge is -2.40. The van der Waals surface area contributed by atoms with Gasteiger partial charge in [-0.1, -0.05) is 237 Å². The monoisotopic (exact) mass is 934 g/mol. The molecule has 0 aromatic rings. The van der Waals surface area contributed by atoms with Gasteiger partial charge in [0.05, 0.1) is 25.4 Å². The number of hydrogen-bond donors (Lipinski definition) is 6. The molecule has 388 valence electrons. The van der Waals surface area contributed by atoms with Crippen molar-refractivity contribution in [2.24, 2.45) is 0 Å². The summed E-state index contributed by atoms with van der Waals surface area (Å²) in [4.78, 5) is 13.0. The highest BCUT2D eigenvalue weighted by atomic mass is 16.7. The molecule has 9 nitrogen and oxygen atoms in total. The van der Waals surface area contributed by atoms with Crippen LogP contribution in [-0.4, -0.2) is 87.5 Å². The third kappa shape index (κ3) is 36.4. The molecule has 1 aliphatic rings. The number of carbonyl (C=O) groups excluding carboxylic acids is 1. The molecular weight excluding hydrogens is 827 g/mol. The molecule has 1 heterocycles. The summed E-state index contributed by atoms with van der Waals surface area (Å²) in [6.07, 6.45) is 53.5. The summed E-state index contributed by atoms with van der Waals surface area (Å²) in [6, 6.07) is -0.821. The Hall–Kier alpha value is -1.59. The second-order valence-corrected chi connectivity index (χ2v) is 19.7. The zero-order valence-electron chi connectivity index (χ0n) is 43.0. The number of nitrogens with one attached hydrogen (secondary N) is 1. The summed E-state index contributed by atoms with van der Waals surface area (Å²) < 4.78 is 11.3. The lowest BCUT2D eigenvalue weighted by atomic mass is 9.99. The van der Waals surface area contributed by atoms with Crippen LogP contribution in [0.25, 0.3) is 0 Å². The molecule has 6 N–H and O–H groups in total. The van der Waals surface area contributed by atoms with E-state index in [1.54, 1.807) is 6.08 Å². The van der Waals surface area contributed by atoms with Crippen LogP contribution in [0.15, 0.2) is 36.5 Å². The van der Waals surface area contributed by atoms with Gasteiger partial charge < -0.3 is 40.3 Å². The maximum absolute atomic E-state index is 13.0. The normalized spacial score (nSPS) is 20.0. The van der Waals surface area contributed by atoms with E-state index in [1.807, 2.05) is 6.08 Å². The van der Waals surface area contributed by atoms with Crippen molar-refractivity contribution in [3.63, 3.8) is 0 Å². The van der Waals surface area contributed by atoms with Crippen LogP contribution in [0, 0.1) is 0 Å². The lowest BCUT2D eigenvalue weighted by Crippen LogP contribution is -2.60. The molecule has 1 rings (SSSR count). The quantitative estimate of drug-likeness (QED) is 0.0261. The van der Waals surface area contributed by atoms with Gasteiger partial charge in [0.1, 0.15) is 24.4 Å². The Bertz CT molecular complexity index is 1130. The van der Waals surface area contributed by atoms with Crippen LogP contribution in [0.2, 0.25) is 0 Å². The van der Waals surface area contributed by atoms with Gasteiger partial charge in [-0.05, 0) is 57.8 Å². The van der Waals surface area contributed by atoms with Gasteiger partial charge in [-0.25, -0.2) is 0 Å². The number of aliphatic hydroxyl groups excluding tert-OH is 5. The largest absolute Gasteiger partial charge is 0.394 e. The molecule has 0 aromatic carbocycles. The van der Waals surface area contributed by atoms with Crippen LogP contribution in [0.3, 0.4) is 0 Å². The van der Waals surface area contributed by atoms with Crippen molar-refractivity contribution in [1.82, 2.24) is 5.32 Å². The van der Waals surface area contributed by atoms with E-state index in [-0.39, 0.29) is 12.5 Å². The Kier molecular flexibility index (Phi) is 44.6. The summed E-state index contributed by atoms with van der Waals surface area (Å²) in [7, 11) is 0. The number of carbonyl (C=O) groups is 1. The lowest BCUT2D eigenvalue weighted by molar-refractivity contribution is -0.302. The van der Waals surface area contributed by atoms with Gasteiger partial charge in [0.2, 0.25) is 5.91 Å². The Morgan fingerprint density at radius 1 is 0.500 bits per heavy atom. The van der Waals surface area contributed by atoms with Gasteiger partial charge >= 0.3 is 0 Å². The fourth-order valence-electron chi connectivity index (χ4n) is 8.93. The minimum absolute atomic E-state index is 0.185. The van der Waals surface area contributed by atoms with Gasteiger partial charge in [0, 0.05) is 6.42 Å². The van der Waals surface area contributed by atoms with Crippen molar-refractivity contribution >= 4 is 5.91 Å². The molecule has 0 spiro atoms. The van der Waals surface area contributed by atoms with E-state index >= 15 is 0 Å². The molecule has 7 atom stereocenters. The predicted molar refractivity (Wildman–Crippen MR) is 276 cm³/mol. The second kappa shape index (κ2) is 47.1. The number of rotatable bonds is 48. The first-order valence-corrected chi connectivity index (χ1v) is 28.2. The average molecular weight is 934 g/mol. The fraction of sp³-hybridized carbons (Fsp3) is 0.877. The number of aliphatic hydroxyl groups is 5. The smallest absolute Gasteiger partial charge is 0.220 e. The second-order valence-electron chi connectivity index (χ2n) is 19.7. The summed E-state index contributed by atoms with van der Waals surface area (Å²) >= 11 is 0. The van der Waals surface area contributed by atoms with Gasteiger partial charge in [0.25, 0.3) is 0 Å².